The third-order valence-corrected chi connectivity index (χ3v) is 4.65. The molecule has 4 heteroatoms. The zero-order chi connectivity index (χ0) is 15.0. The number of hydrogen-bond donors (Lipinski definition) is 1. The molecule has 0 amide bonds. The molecule has 1 saturated heterocycles. The zero-order valence-corrected chi connectivity index (χ0v) is 13.7. The summed E-state index contributed by atoms with van der Waals surface area (Å²) in [5.74, 6) is 0.737. The van der Waals surface area contributed by atoms with Crippen molar-refractivity contribution < 1.29 is 9.53 Å². The number of nitrogens with zero attached hydrogens (tertiary/aromatic N) is 1. The summed E-state index contributed by atoms with van der Waals surface area (Å²) in [4.78, 5) is 14.5. The fourth-order valence-corrected chi connectivity index (χ4v) is 3.12. The van der Waals surface area contributed by atoms with Crippen molar-refractivity contribution in [3.63, 3.8) is 0 Å². The summed E-state index contributed by atoms with van der Waals surface area (Å²) in [6.07, 6.45) is 6.05. The van der Waals surface area contributed by atoms with Crippen molar-refractivity contribution in [2.24, 2.45) is 5.92 Å². The van der Waals surface area contributed by atoms with E-state index in [-0.39, 0.29) is 5.97 Å². The SMILES string of the molecule is CCNC(C)(CCN1CCCC(CC)CC1)C(=O)OC. The van der Waals surface area contributed by atoms with Gasteiger partial charge in [0, 0.05) is 6.54 Å². The molecule has 2 unspecified atom stereocenters. The molecule has 118 valence electrons. The molecule has 0 saturated carbocycles. The molecule has 0 aromatic heterocycles. The van der Waals surface area contributed by atoms with Gasteiger partial charge in [0.05, 0.1) is 7.11 Å². The van der Waals surface area contributed by atoms with Gasteiger partial charge in [0.2, 0.25) is 0 Å². The van der Waals surface area contributed by atoms with Crippen LogP contribution in [0.1, 0.15) is 52.9 Å². The van der Waals surface area contributed by atoms with E-state index in [0.717, 1.165) is 25.4 Å². The quantitative estimate of drug-likeness (QED) is 0.729. The highest BCUT2D eigenvalue weighted by atomic mass is 16.5. The first-order chi connectivity index (χ1) is 9.55. The lowest BCUT2D eigenvalue weighted by Gasteiger charge is -2.30. The maximum atomic E-state index is 12.0. The molecule has 1 aliphatic rings. The first-order valence-electron chi connectivity index (χ1n) is 8.11. The maximum absolute atomic E-state index is 12.0. The summed E-state index contributed by atoms with van der Waals surface area (Å²) in [6.45, 7) is 10.4. The molecule has 0 spiro atoms. The Balaban J connectivity index is 2.48. The van der Waals surface area contributed by atoms with Crippen LogP contribution in [-0.4, -0.2) is 49.7 Å². The number of rotatable bonds is 7. The van der Waals surface area contributed by atoms with Gasteiger partial charge >= 0.3 is 5.97 Å². The molecule has 2 atom stereocenters. The number of carbonyl (C=O) groups is 1. The van der Waals surface area contributed by atoms with Crippen molar-refractivity contribution in [1.29, 1.82) is 0 Å². The van der Waals surface area contributed by atoms with Gasteiger partial charge in [-0.15, -0.1) is 0 Å². The molecule has 0 aliphatic carbocycles. The van der Waals surface area contributed by atoms with Gasteiger partial charge in [-0.3, -0.25) is 4.79 Å². The van der Waals surface area contributed by atoms with E-state index in [9.17, 15) is 4.79 Å². The van der Waals surface area contributed by atoms with Crippen molar-refractivity contribution in [1.82, 2.24) is 10.2 Å². The number of hydrogen-bond acceptors (Lipinski definition) is 4. The molecule has 4 nitrogen and oxygen atoms in total. The Morgan fingerprint density at radius 1 is 1.35 bits per heavy atom. The number of likely N-dealkylation sites (N-methyl/N-ethyl adjacent to an activating group) is 1. The summed E-state index contributed by atoms with van der Waals surface area (Å²) in [5, 5.41) is 3.28. The summed E-state index contributed by atoms with van der Waals surface area (Å²) in [7, 11) is 1.47. The summed E-state index contributed by atoms with van der Waals surface area (Å²) < 4.78 is 4.95. The van der Waals surface area contributed by atoms with Gasteiger partial charge in [-0.25, -0.2) is 0 Å². The van der Waals surface area contributed by atoms with Crippen molar-refractivity contribution in [2.75, 3.05) is 33.3 Å². The van der Waals surface area contributed by atoms with E-state index in [1.807, 2.05) is 13.8 Å². The first kappa shape index (κ1) is 17.4. The fraction of sp³-hybridized carbons (Fsp3) is 0.938. The summed E-state index contributed by atoms with van der Waals surface area (Å²) >= 11 is 0. The Bertz CT molecular complexity index is 296. The first-order valence-corrected chi connectivity index (χ1v) is 8.11. The molecule has 0 radical (unpaired) electrons. The largest absolute Gasteiger partial charge is 0.468 e. The van der Waals surface area contributed by atoms with Crippen LogP contribution in [0.2, 0.25) is 0 Å². The number of carbonyl (C=O) groups excluding carboxylic acids is 1. The van der Waals surface area contributed by atoms with Crippen LogP contribution in [-0.2, 0) is 9.53 Å². The molecule has 1 N–H and O–H groups in total. The number of methoxy groups -OCH3 is 1. The summed E-state index contributed by atoms with van der Waals surface area (Å²) in [5.41, 5.74) is -0.556. The Hall–Kier alpha value is -0.610. The predicted octanol–water partition coefficient (Wildman–Crippen LogP) is 2.43. The van der Waals surface area contributed by atoms with Crippen LogP contribution in [0.25, 0.3) is 0 Å². The van der Waals surface area contributed by atoms with Crippen molar-refractivity contribution in [2.45, 2.75) is 58.4 Å². The smallest absolute Gasteiger partial charge is 0.325 e. The highest BCUT2D eigenvalue weighted by molar-refractivity contribution is 5.80. The van der Waals surface area contributed by atoms with E-state index in [0.29, 0.717) is 0 Å². The molecular weight excluding hydrogens is 252 g/mol. The van der Waals surface area contributed by atoms with Crippen molar-refractivity contribution >= 4 is 5.97 Å². The molecule has 20 heavy (non-hydrogen) atoms. The van der Waals surface area contributed by atoms with Crippen LogP contribution in [0.15, 0.2) is 0 Å². The van der Waals surface area contributed by atoms with Crippen molar-refractivity contribution in [3.05, 3.63) is 0 Å². The van der Waals surface area contributed by atoms with E-state index in [2.05, 4.69) is 17.1 Å². The van der Waals surface area contributed by atoms with Crippen LogP contribution in [0.3, 0.4) is 0 Å². The Kier molecular flexibility index (Phi) is 7.52. The van der Waals surface area contributed by atoms with Gasteiger partial charge in [0.25, 0.3) is 0 Å². The number of nitrogens with one attached hydrogen (secondary N) is 1. The molecule has 1 fully saturated rings. The van der Waals surface area contributed by atoms with Gasteiger partial charge in [0.1, 0.15) is 5.54 Å². The Labute approximate surface area is 124 Å². The third-order valence-electron chi connectivity index (χ3n) is 4.65. The number of esters is 1. The van der Waals surface area contributed by atoms with Crippen LogP contribution in [0.4, 0.5) is 0 Å². The second kappa shape index (κ2) is 8.63. The summed E-state index contributed by atoms with van der Waals surface area (Å²) in [6, 6.07) is 0. The van der Waals surface area contributed by atoms with E-state index >= 15 is 0 Å². The third kappa shape index (κ3) is 5.06. The average molecular weight is 284 g/mol. The highest BCUT2D eigenvalue weighted by Crippen LogP contribution is 2.21. The van der Waals surface area contributed by atoms with Crippen molar-refractivity contribution in [3.8, 4) is 0 Å². The molecular formula is C16H32N2O2. The number of ether oxygens (including phenoxy) is 1. The Morgan fingerprint density at radius 2 is 2.10 bits per heavy atom. The van der Waals surface area contributed by atoms with Gasteiger partial charge in [-0.1, -0.05) is 20.3 Å². The second-order valence-electron chi connectivity index (χ2n) is 6.15. The van der Waals surface area contributed by atoms with Crippen LogP contribution in [0.5, 0.6) is 0 Å². The van der Waals surface area contributed by atoms with E-state index in [1.54, 1.807) is 0 Å². The molecule has 0 bridgehead atoms. The van der Waals surface area contributed by atoms with E-state index < -0.39 is 5.54 Å². The average Bonchev–Trinajstić information content (AvgIpc) is 2.69. The molecule has 0 aromatic carbocycles. The topological polar surface area (TPSA) is 41.6 Å². The minimum atomic E-state index is -0.556. The molecule has 0 aromatic rings. The lowest BCUT2D eigenvalue weighted by molar-refractivity contribution is -0.148. The zero-order valence-electron chi connectivity index (χ0n) is 13.7. The van der Waals surface area contributed by atoms with Gasteiger partial charge in [-0.05, 0) is 58.2 Å². The van der Waals surface area contributed by atoms with Gasteiger partial charge < -0.3 is 15.0 Å². The fourth-order valence-electron chi connectivity index (χ4n) is 3.12. The van der Waals surface area contributed by atoms with Gasteiger partial charge in [0.15, 0.2) is 0 Å². The predicted molar refractivity (Wildman–Crippen MR) is 82.8 cm³/mol. The van der Waals surface area contributed by atoms with E-state index in [4.69, 9.17) is 4.74 Å². The number of likely N-dealkylation sites (tertiary alicyclic amines) is 1. The van der Waals surface area contributed by atoms with E-state index in [1.165, 1.54) is 45.9 Å². The minimum Gasteiger partial charge on any atom is -0.468 e. The maximum Gasteiger partial charge on any atom is 0.325 e. The molecule has 1 rings (SSSR count). The normalized spacial score (nSPS) is 23.9. The van der Waals surface area contributed by atoms with Crippen LogP contribution >= 0.6 is 0 Å². The highest BCUT2D eigenvalue weighted by Gasteiger charge is 2.33. The Morgan fingerprint density at radius 3 is 2.70 bits per heavy atom. The lowest BCUT2D eigenvalue weighted by Crippen LogP contribution is -2.52. The minimum absolute atomic E-state index is 0.152. The standard InChI is InChI=1S/C16H32N2O2/c1-5-14-8-7-11-18(12-9-14)13-10-16(3,17-6-2)15(19)20-4/h14,17H,5-13H2,1-4H3. The van der Waals surface area contributed by atoms with Crippen LogP contribution in [0, 0.1) is 5.92 Å². The molecule has 1 heterocycles. The molecule has 1 aliphatic heterocycles. The lowest BCUT2D eigenvalue weighted by atomic mass is 9.97. The monoisotopic (exact) mass is 284 g/mol. The second-order valence-corrected chi connectivity index (χ2v) is 6.15. The van der Waals surface area contributed by atoms with Crippen LogP contribution < -0.4 is 5.32 Å². The van der Waals surface area contributed by atoms with Gasteiger partial charge in [-0.2, -0.15) is 0 Å².